The van der Waals surface area contributed by atoms with E-state index in [0.717, 1.165) is 58.7 Å². The average molecular weight is 331 g/mol. The predicted molar refractivity (Wildman–Crippen MR) is 95.1 cm³/mol. The van der Waals surface area contributed by atoms with Crippen LogP contribution in [0.2, 0.25) is 0 Å². The monoisotopic (exact) mass is 331 g/mol. The van der Waals surface area contributed by atoms with Gasteiger partial charge >= 0.3 is 6.03 Å². The molecule has 0 aromatic heterocycles. The van der Waals surface area contributed by atoms with Crippen LogP contribution >= 0.6 is 0 Å². The fraction of sp³-hybridized carbons (Fsp3) is 0.632. The molecular weight excluding hydrogens is 302 g/mol. The van der Waals surface area contributed by atoms with Crippen molar-refractivity contribution in [2.45, 2.75) is 31.8 Å². The van der Waals surface area contributed by atoms with Crippen molar-refractivity contribution in [3.63, 3.8) is 0 Å². The van der Waals surface area contributed by atoms with Crippen molar-refractivity contribution in [3.8, 4) is 0 Å². The zero-order valence-electron chi connectivity index (χ0n) is 14.5. The number of carbonyl (C=O) groups is 1. The Balaban J connectivity index is 1.29. The van der Waals surface area contributed by atoms with Crippen LogP contribution in [0.5, 0.6) is 0 Å². The number of urea groups is 1. The first-order chi connectivity index (χ1) is 11.8. The molecule has 132 valence electrons. The minimum absolute atomic E-state index is 0.0832. The summed E-state index contributed by atoms with van der Waals surface area (Å²) in [4.78, 5) is 16.6. The van der Waals surface area contributed by atoms with Crippen LogP contribution in [0.25, 0.3) is 0 Å². The molecule has 0 aliphatic carbocycles. The number of carbonyl (C=O) groups excluding carboxylic acids is 1. The molecule has 2 fully saturated rings. The fourth-order valence-corrected chi connectivity index (χ4v) is 3.45. The Morgan fingerprint density at radius 3 is 2.67 bits per heavy atom. The molecule has 2 aliphatic heterocycles. The van der Waals surface area contributed by atoms with E-state index in [2.05, 4.69) is 34.5 Å². The molecule has 2 amide bonds. The smallest absolute Gasteiger partial charge is 0.317 e. The summed E-state index contributed by atoms with van der Waals surface area (Å²) < 4.78 is 5.70. The van der Waals surface area contributed by atoms with Gasteiger partial charge in [-0.3, -0.25) is 4.90 Å². The van der Waals surface area contributed by atoms with Gasteiger partial charge in [0.05, 0.1) is 6.10 Å². The first-order valence-electron chi connectivity index (χ1n) is 9.22. The molecule has 2 heterocycles. The summed E-state index contributed by atoms with van der Waals surface area (Å²) in [7, 11) is 0. The van der Waals surface area contributed by atoms with Crippen molar-refractivity contribution < 1.29 is 9.53 Å². The number of amides is 2. The molecule has 5 nitrogen and oxygen atoms in total. The van der Waals surface area contributed by atoms with Gasteiger partial charge in [-0.2, -0.15) is 0 Å². The van der Waals surface area contributed by atoms with Crippen LogP contribution in [0.15, 0.2) is 30.3 Å². The van der Waals surface area contributed by atoms with Gasteiger partial charge in [0.1, 0.15) is 0 Å². The van der Waals surface area contributed by atoms with Crippen LogP contribution < -0.4 is 5.32 Å². The number of aryl methyl sites for hydroxylation is 1. The maximum atomic E-state index is 12.2. The lowest BCUT2D eigenvalue weighted by molar-refractivity contribution is 0.0561. The molecule has 2 saturated heterocycles. The molecule has 1 aromatic carbocycles. The molecule has 24 heavy (non-hydrogen) atoms. The summed E-state index contributed by atoms with van der Waals surface area (Å²) >= 11 is 0. The molecule has 1 atom stereocenters. The molecule has 0 spiro atoms. The second kappa shape index (κ2) is 9.04. The number of nitrogens with one attached hydrogen (secondary N) is 1. The van der Waals surface area contributed by atoms with Crippen molar-refractivity contribution in [3.05, 3.63) is 35.9 Å². The third kappa shape index (κ3) is 5.21. The number of ether oxygens (including phenoxy) is 1. The summed E-state index contributed by atoms with van der Waals surface area (Å²) in [5, 5.41) is 3.05. The van der Waals surface area contributed by atoms with Crippen LogP contribution in [0.3, 0.4) is 0 Å². The Morgan fingerprint density at radius 1 is 1.17 bits per heavy atom. The van der Waals surface area contributed by atoms with Gasteiger partial charge < -0.3 is 15.0 Å². The van der Waals surface area contributed by atoms with Gasteiger partial charge in [0.25, 0.3) is 0 Å². The Kier molecular flexibility index (Phi) is 6.49. The quantitative estimate of drug-likeness (QED) is 0.812. The lowest BCUT2D eigenvalue weighted by atomic mass is 10.1. The maximum Gasteiger partial charge on any atom is 0.317 e. The summed E-state index contributed by atoms with van der Waals surface area (Å²) in [6.45, 7) is 6.22. The van der Waals surface area contributed by atoms with Crippen LogP contribution in [0, 0.1) is 0 Å². The third-order valence-electron chi connectivity index (χ3n) is 4.91. The van der Waals surface area contributed by atoms with Gasteiger partial charge in [0, 0.05) is 45.9 Å². The lowest BCUT2D eigenvalue weighted by Crippen LogP contribution is -2.53. The highest BCUT2D eigenvalue weighted by atomic mass is 16.5. The molecule has 0 saturated carbocycles. The van der Waals surface area contributed by atoms with Crippen molar-refractivity contribution in [1.29, 1.82) is 0 Å². The standard InChI is InChI=1S/C19H29N3O2/c23-19(20-10-4-8-17-6-2-1-3-7-17)22-13-11-21(12-14-22)16-18-9-5-15-24-18/h1-3,6-7,18H,4-5,8-16H2,(H,20,23). The normalized spacial score (nSPS) is 21.8. The minimum Gasteiger partial charge on any atom is -0.377 e. The van der Waals surface area contributed by atoms with Gasteiger partial charge in [-0.1, -0.05) is 30.3 Å². The number of hydrogen-bond acceptors (Lipinski definition) is 3. The summed E-state index contributed by atoms with van der Waals surface area (Å²) in [5.41, 5.74) is 1.33. The molecule has 2 aliphatic rings. The number of benzene rings is 1. The summed E-state index contributed by atoms with van der Waals surface area (Å²) in [5.74, 6) is 0. The topological polar surface area (TPSA) is 44.8 Å². The van der Waals surface area contributed by atoms with Crippen molar-refractivity contribution in [1.82, 2.24) is 15.1 Å². The zero-order chi connectivity index (χ0) is 16.6. The number of nitrogens with zero attached hydrogens (tertiary/aromatic N) is 2. The second-order valence-electron chi connectivity index (χ2n) is 6.74. The molecule has 0 radical (unpaired) electrons. The molecule has 1 unspecified atom stereocenters. The molecule has 0 bridgehead atoms. The summed E-state index contributed by atoms with van der Waals surface area (Å²) in [6.07, 6.45) is 4.77. The van der Waals surface area contributed by atoms with Gasteiger partial charge in [0.15, 0.2) is 0 Å². The van der Waals surface area contributed by atoms with Crippen LogP contribution in [0.1, 0.15) is 24.8 Å². The number of hydrogen-bond donors (Lipinski definition) is 1. The van der Waals surface area contributed by atoms with Crippen LogP contribution in [-0.2, 0) is 11.2 Å². The van der Waals surface area contributed by atoms with Gasteiger partial charge in [0.2, 0.25) is 0 Å². The highest BCUT2D eigenvalue weighted by molar-refractivity contribution is 5.74. The Labute approximate surface area is 145 Å². The molecule has 5 heteroatoms. The number of rotatable bonds is 6. The van der Waals surface area contributed by atoms with E-state index in [1.165, 1.54) is 18.4 Å². The lowest BCUT2D eigenvalue weighted by Gasteiger charge is -2.35. The van der Waals surface area contributed by atoms with E-state index in [0.29, 0.717) is 6.10 Å². The van der Waals surface area contributed by atoms with E-state index in [4.69, 9.17) is 4.74 Å². The zero-order valence-corrected chi connectivity index (χ0v) is 14.5. The molecule has 1 N–H and O–H groups in total. The van der Waals surface area contributed by atoms with Crippen molar-refractivity contribution in [2.75, 3.05) is 45.9 Å². The Morgan fingerprint density at radius 2 is 1.96 bits per heavy atom. The minimum atomic E-state index is 0.0832. The van der Waals surface area contributed by atoms with E-state index in [9.17, 15) is 4.79 Å². The largest absolute Gasteiger partial charge is 0.377 e. The molecule has 1 aromatic rings. The van der Waals surface area contributed by atoms with Gasteiger partial charge in [-0.05, 0) is 31.2 Å². The number of piperazine rings is 1. The van der Waals surface area contributed by atoms with E-state index in [1.807, 2.05) is 11.0 Å². The highest BCUT2D eigenvalue weighted by Gasteiger charge is 2.24. The highest BCUT2D eigenvalue weighted by Crippen LogP contribution is 2.14. The van der Waals surface area contributed by atoms with Gasteiger partial charge in [-0.15, -0.1) is 0 Å². The van der Waals surface area contributed by atoms with E-state index < -0.39 is 0 Å². The van der Waals surface area contributed by atoms with Crippen LogP contribution in [-0.4, -0.2) is 67.8 Å². The van der Waals surface area contributed by atoms with Crippen molar-refractivity contribution in [2.24, 2.45) is 0 Å². The predicted octanol–water partition coefficient (Wildman–Crippen LogP) is 2.13. The average Bonchev–Trinajstić information content (AvgIpc) is 3.13. The van der Waals surface area contributed by atoms with E-state index >= 15 is 0 Å². The van der Waals surface area contributed by atoms with Crippen molar-refractivity contribution >= 4 is 6.03 Å². The first-order valence-corrected chi connectivity index (χ1v) is 9.22. The Bertz CT molecular complexity index is 495. The second-order valence-corrected chi connectivity index (χ2v) is 6.74. The fourth-order valence-electron chi connectivity index (χ4n) is 3.45. The van der Waals surface area contributed by atoms with Gasteiger partial charge in [-0.25, -0.2) is 4.79 Å². The van der Waals surface area contributed by atoms with E-state index in [1.54, 1.807) is 0 Å². The SMILES string of the molecule is O=C(NCCCc1ccccc1)N1CCN(CC2CCCO2)CC1. The third-order valence-corrected chi connectivity index (χ3v) is 4.91. The first kappa shape index (κ1) is 17.2. The molecular formula is C19H29N3O2. The van der Waals surface area contributed by atoms with Crippen LogP contribution in [0.4, 0.5) is 4.79 Å². The van der Waals surface area contributed by atoms with E-state index in [-0.39, 0.29) is 6.03 Å². The molecule has 3 rings (SSSR count). The maximum absolute atomic E-state index is 12.2. The Hall–Kier alpha value is -1.59. The summed E-state index contributed by atoms with van der Waals surface area (Å²) in [6, 6.07) is 10.5.